The molecule has 1 aliphatic rings. The van der Waals surface area contributed by atoms with Crippen molar-refractivity contribution in [2.75, 3.05) is 31.6 Å². The van der Waals surface area contributed by atoms with Crippen LogP contribution in [0.4, 0.5) is 5.82 Å². The molecule has 0 bridgehead atoms. The van der Waals surface area contributed by atoms with Crippen molar-refractivity contribution in [1.29, 1.82) is 0 Å². The highest BCUT2D eigenvalue weighted by molar-refractivity contribution is 5.86. The molecule has 0 aromatic carbocycles. The minimum absolute atomic E-state index is 0.387. The van der Waals surface area contributed by atoms with Crippen molar-refractivity contribution >= 4 is 16.9 Å². The van der Waals surface area contributed by atoms with Gasteiger partial charge in [-0.2, -0.15) is 5.10 Å². The second-order valence-electron chi connectivity index (χ2n) is 6.64. The van der Waals surface area contributed by atoms with E-state index in [1.165, 1.54) is 0 Å². The Kier molecular flexibility index (Phi) is 4.42. The summed E-state index contributed by atoms with van der Waals surface area (Å²) < 4.78 is 7.02. The van der Waals surface area contributed by atoms with E-state index < -0.39 is 0 Å². The first-order valence-electron chi connectivity index (χ1n) is 8.77. The van der Waals surface area contributed by atoms with E-state index in [4.69, 9.17) is 4.74 Å². The molecule has 1 atom stereocenters. The summed E-state index contributed by atoms with van der Waals surface area (Å²) in [6, 6.07) is 6.30. The molecular formula is C18H23N7O. The van der Waals surface area contributed by atoms with Gasteiger partial charge in [-0.05, 0) is 13.0 Å². The summed E-state index contributed by atoms with van der Waals surface area (Å²) in [5.74, 6) is 1.63. The van der Waals surface area contributed by atoms with Crippen LogP contribution in [-0.2, 0) is 13.6 Å². The molecule has 3 aromatic heterocycles. The van der Waals surface area contributed by atoms with Gasteiger partial charge in [0.05, 0.1) is 24.4 Å². The largest absolute Gasteiger partial charge is 0.481 e. The third kappa shape index (κ3) is 3.08. The normalized spacial score (nSPS) is 18.4. The van der Waals surface area contributed by atoms with Gasteiger partial charge in [0.25, 0.3) is 0 Å². The SMILES string of the molecule is COc1cccc(CN2CCN(c3ncnc4c3cnn4C)CC2C)n1. The number of nitrogens with zero attached hydrogens (tertiary/aromatic N) is 7. The van der Waals surface area contributed by atoms with Gasteiger partial charge in [-0.25, -0.2) is 15.0 Å². The molecule has 1 saturated heterocycles. The van der Waals surface area contributed by atoms with Gasteiger partial charge in [-0.1, -0.05) is 6.07 Å². The van der Waals surface area contributed by atoms with Crippen LogP contribution in [0.3, 0.4) is 0 Å². The zero-order valence-corrected chi connectivity index (χ0v) is 15.3. The molecule has 136 valence electrons. The summed E-state index contributed by atoms with van der Waals surface area (Å²) in [7, 11) is 3.55. The van der Waals surface area contributed by atoms with Gasteiger partial charge < -0.3 is 9.64 Å². The van der Waals surface area contributed by atoms with Crippen molar-refractivity contribution in [3.05, 3.63) is 36.4 Å². The molecule has 8 heteroatoms. The van der Waals surface area contributed by atoms with Crippen molar-refractivity contribution in [3.8, 4) is 5.88 Å². The fourth-order valence-corrected chi connectivity index (χ4v) is 3.49. The second-order valence-corrected chi connectivity index (χ2v) is 6.64. The molecule has 0 radical (unpaired) electrons. The lowest BCUT2D eigenvalue weighted by Crippen LogP contribution is -2.51. The van der Waals surface area contributed by atoms with Crippen LogP contribution >= 0.6 is 0 Å². The van der Waals surface area contributed by atoms with Crippen LogP contribution < -0.4 is 9.64 Å². The average molecular weight is 353 g/mol. The highest BCUT2D eigenvalue weighted by Gasteiger charge is 2.26. The quantitative estimate of drug-likeness (QED) is 0.703. The number of aryl methyl sites for hydroxylation is 1. The molecule has 1 fully saturated rings. The Balaban J connectivity index is 1.49. The van der Waals surface area contributed by atoms with E-state index in [2.05, 4.69) is 36.8 Å². The van der Waals surface area contributed by atoms with Crippen LogP contribution in [0, 0.1) is 0 Å². The highest BCUT2D eigenvalue weighted by Crippen LogP contribution is 2.25. The van der Waals surface area contributed by atoms with E-state index in [1.807, 2.05) is 31.4 Å². The Morgan fingerprint density at radius 1 is 1.23 bits per heavy atom. The lowest BCUT2D eigenvalue weighted by Gasteiger charge is -2.40. The van der Waals surface area contributed by atoms with E-state index in [0.29, 0.717) is 11.9 Å². The fraction of sp³-hybridized carbons (Fsp3) is 0.444. The van der Waals surface area contributed by atoms with Crippen LogP contribution in [0.25, 0.3) is 11.0 Å². The summed E-state index contributed by atoms with van der Waals surface area (Å²) in [5, 5.41) is 5.32. The lowest BCUT2D eigenvalue weighted by atomic mass is 10.1. The number of hydrogen-bond donors (Lipinski definition) is 0. The van der Waals surface area contributed by atoms with Crippen LogP contribution in [0.5, 0.6) is 5.88 Å². The average Bonchev–Trinajstić information content (AvgIpc) is 3.05. The zero-order chi connectivity index (χ0) is 18.1. The van der Waals surface area contributed by atoms with E-state index in [9.17, 15) is 0 Å². The highest BCUT2D eigenvalue weighted by atomic mass is 16.5. The van der Waals surface area contributed by atoms with Gasteiger partial charge in [-0.3, -0.25) is 9.58 Å². The summed E-state index contributed by atoms with van der Waals surface area (Å²) in [6.45, 7) is 5.83. The minimum Gasteiger partial charge on any atom is -0.481 e. The zero-order valence-electron chi connectivity index (χ0n) is 15.3. The molecule has 0 spiro atoms. The molecule has 8 nitrogen and oxygen atoms in total. The Hall–Kier alpha value is -2.74. The third-order valence-electron chi connectivity index (χ3n) is 4.93. The third-order valence-corrected chi connectivity index (χ3v) is 4.93. The standard InChI is InChI=1S/C18H23N7O/c1-13-10-25(18-15-9-21-23(2)17(15)19-12-20-18)8-7-24(13)11-14-5-4-6-16(22-14)26-3/h4-6,9,12-13H,7-8,10-11H2,1-3H3. The van der Waals surface area contributed by atoms with Crippen LogP contribution in [0.2, 0.25) is 0 Å². The van der Waals surface area contributed by atoms with Gasteiger partial charge in [0.1, 0.15) is 12.1 Å². The van der Waals surface area contributed by atoms with E-state index in [-0.39, 0.29) is 0 Å². The summed E-state index contributed by atoms with van der Waals surface area (Å²) in [5.41, 5.74) is 1.90. The molecule has 1 unspecified atom stereocenters. The minimum atomic E-state index is 0.387. The van der Waals surface area contributed by atoms with Crippen LogP contribution in [0.1, 0.15) is 12.6 Å². The second kappa shape index (κ2) is 6.87. The number of anilines is 1. The monoisotopic (exact) mass is 353 g/mol. The van der Waals surface area contributed by atoms with Gasteiger partial charge in [-0.15, -0.1) is 0 Å². The summed E-state index contributed by atoms with van der Waals surface area (Å²) >= 11 is 0. The van der Waals surface area contributed by atoms with Gasteiger partial charge in [0.2, 0.25) is 5.88 Å². The number of methoxy groups -OCH3 is 1. The molecule has 0 N–H and O–H groups in total. The smallest absolute Gasteiger partial charge is 0.213 e. The lowest BCUT2D eigenvalue weighted by molar-refractivity contribution is 0.178. The van der Waals surface area contributed by atoms with Crippen molar-refractivity contribution < 1.29 is 4.74 Å². The molecule has 3 aromatic rings. The number of rotatable bonds is 4. The summed E-state index contributed by atoms with van der Waals surface area (Å²) in [4.78, 5) is 18.2. The first-order chi connectivity index (χ1) is 12.7. The van der Waals surface area contributed by atoms with Crippen molar-refractivity contribution in [1.82, 2.24) is 29.6 Å². The van der Waals surface area contributed by atoms with Crippen LogP contribution in [0.15, 0.2) is 30.7 Å². The maximum absolute atomic E-state index is 5.23. The number of aromatic nitrogens is 5. The van der Waals surface area contributed by atoms with E-state index in [0.717, 1.165) is 48.7 Å². The molecule has 4 rings (SSSR count). The predicted octanol–water partition coefficient (Wildman–Crippen LogP) is 1.48. The number of pyridine rings is 1. The Bertz CT molecular complexity index is 909. The fourth-order valence-electron chi connectivity index (χ4n) is 3.49. The maximum atomic E-state index is 5.23. The predicted molar refractivity (Wildman–Crippen MR) is 99.2 cm³/mol. The molecule has 1 aliphatic heterocycles. The number of fused-ring (bicyclic) bond motifs is 1. The van der Waals surface area contributed by atoms with E-state index >= 15 is 0 Å². The molecule has 0 aliphatic carbocycles. The van der Waals surface area contributed by atoms with Crippen molar-refractivity contribution in [2.24, 2.45) is 7.05 Å². The van der Waals surface area contributed by atoms with Crippen molar-refractivity contribution in [3.63, 3.8) is 0 Å². The first-order valence-corrected chi connectivity index (χ1v) is 8.77. The maximum Gasteiger partial charge on any atom is 0.213 e. The molecule has 0 amide bonds. The Morgan fingerprint density at radius 3 is 2.92 bits per heavy atom. The molecule has 0 saturated carbocycles. The molecule has 4 heterocycles. The van der Waals surface area contributed by atoms with Crippen molar-refractivity contribution in [2.45, 2.75) is 19.5 Å². The Labute approximate surface area is 152 Å². The Morgan fingerprint density at radius 2 is 2.12 bits per heavy atom. The summed E-state index contributed by atoms with van der Waals surface area (Å²) in [6.07, 6.45) is 3.47. The first kappa shape index (κ1) is 16.7. The van der Waals surface area contributed by atoms with E-state index in [1.54, 1.807) is 18.1 Å². The number of hydrogen-bond acceptors (Lipinski definition) is 7. The number of ether oxygens (including phenoxy) is 1. The molecular weight excluding hydrogens is 330 g/mol. The van der Waals surface area contributed by atoms with Crippen LogP contribution in [-0.4, -0.2) is 62.4 Å². The molecule has 26 heavy (non-hydrogen) atoms. The van der Waals surface area contributed by atoms with Gasteiger partial charge >= 0.3 is 0 Å². The topological polar surface area (TPSA) is 72.2 Å². The van der Waals surface area contributed by atoms with Gasteiger partial charge in [0.15, 0.2) is 5.65 Å². The number of piperazine rings is 1. The van der Waals surface area contributed by atoms with Gasteiger partial charge in [0, 0.05) is 45.3 Å².